The van der Waals surface area contributed by atoms with Crippen LogP contribution in [0.15, 0.2) is 17.0 Å². The molecule has 7 heteroatoms. The van der Waals surface area contributed by atoms with E-state index in [0.717, 1.165) is 6.07 Å². The second-order valence-electron chi connectivity index (χ2n) is 2.66. The zero-order chi connectivity index (χ0) is 10.9. The minimum atomic E-state index is -1.30. The van der Waals surface area contributed by atoms with Gasteiger partial charge in [0.1, 0.15) is 5.69 Å². The van der Waals surface area contributed by atoms with Gasteiger partial charge in [-0.3, -0.25) is 14.3 Å². The van der Waals surface area contributed by atoms with Crippen LogP contribution < -0.4 is 11.5 Å². The van der Waals surface area contributed by atoms with Crippen LogP contribution in [-0.4, -0.2) is 15.4 Å². The van der Waals surface area contributed by atoms with Crippen LogP contribution in [0.2, 0.25) is 0 Å². The van der Waals surface area contributed by atoms with Crippen LogP contribution in [0.5, 0.6) is 0 Å². The molecule has 1 unspecified atom stereocenters. The lowest BCUT2D eigenvalue weighted by molar-refractivity contribution is -0.383. The molecule has 1 rings (SSSR count). The van der Waals surface area contributed by atoms with Crippen LogP contribution in [0.3, 0.4) is 0 Å². The maximum atomic E-state index is 11.1. The third kappa shape index (κ3) is 1.82. The van der Waals surface area contributed by atoms with Crippen molar-refractivity contribution in [3.63, 3.8) is 0 Å². The molecular weight excluding hydrogens is 206 g/mol. The molecular formula is C7H9N3O3S. The van der Waals surface area contributed by atoms with Gasteiger partial charge in [-0.05, 0) is 6.07 Å². The van der Waals surface area contributed by atoms with E-state index in [1.54, 1.807) is 0 Å². The Balaban J connectivity index is 3.38. The highest BCUT2D eigenvalue weighted by atomic mass is 32.2. The number of hydrogen-bond donors (Lipinski definition) is 2. The maximum absolute atomic E-state index is 11.1. The average Bonchev–Trinajstić information content (AvgIpc) is 2.07. The smallest absolute Gasteiger partial charge is 0.294 e. The van der Waals surface area contributed by atoms with Crippen molar-refractivity contribution in [1.29, 1.82) is 0 Å². The molecule has 0 aliphatic heterocycles. The molecule has 0 aliphatic rings. The van der Waals surface area contributed by atoms with Gasteiger partial charge in [0.05, 0.1) is 26.3 Å². The Hall–Kier alpha value is -1.63. The third-order valence-corrected chi connectivity index (χ3v) is 2.64. The predicted octanol–water partition coefficient (Wildman–Crippen LogP) is 0.497. The van der Waals surface area contributed by atoms with Crippen molar-refractivity contribution >= 4 is 27.9 Å². The number of hydrogen-bond acceptors (Lipinski definition) is 5. The van der Waals surface area contributed by atoms with E-state index < -0.39 is 15.7 Å². The molecule has 0 saturated heterocycles. The van der Waals surface area contributed by atoms with Gasteiger partial charge in [-0.15, -0.1) is 0 Å². The average molecular weight is 215 g/mol. The topological polar surface area (TPSA) is 112 Å². The number of nitrogen functional groups attached to an aromatic ring is 2. The predicted molar refractivity (Wildman–Crippen MR) is 54.3 cm³/mol. The van der Waals surface area contributed by atoms with Gasteiger partial charge >= 0.3 is 0 Å². The summed E-state index contributed by atoms with van der Waals surface area (Å²) in [6.45, 7) is 0. The highest BCUT2D eigenvalue weighted by Crippen LogP contribution is 2.28. The summed E-state index contributed by atoms with van der Waals surface area (Å²) in [5.74, 6) is 0. The SMILES string of the molecule is CS(=O)c1cc(N)c([N+](=O)[O-])cc1N. The molecule has 1 aromatic rings. The van der Waals surface area contributed by atoms with Crippen molar-refractivity contribution in [2.75, 3.05) is 17.7 Å². The Labute approximate surface area is 82.5 Å². The maximum Gasteiger partial charge on any atom is 0.294 e. The first-order valence-corrected chi connectivity index (χ1v) is 5.16. The molecule has 6 nitrogen and oxygen atoms in total. The first-order chi connectivity index (χ1) is 6.43. The molecule has 0 aromatic heterocycles. The minimum absolute atomic E-state index is 0.0330. The molecule has 1 atom stereocenters. The van der Waals surface area contributed by atoms with Crippen molar-refractivity contribution in [2.24, 2.45) is 0 Å². The fourth-order valence-electron chi connectivity index (χ4n) is 1.01. The Morgan fingerprint density at radius 3 is 2.36 bits per heavy atom. The van der Waals surface area contributed by atoms with Crippen molar-refractivity contribution in [3.8, 4) is 0 Å². The second kappa shape index (κ2) is 3.62. The van der Waals surface area contributed by atoms with Gasteiger partial charge in [-0.1, -0.05) is 0 Å². The Morgan fingerprint density at radius 1 is 1.36 bits per heavy atom. The lowest BCUT2D eigenvalue weighted by Crippen LogP contribution is -2.02. The van der Waals surface area contributed by atoms with Gasteiger partial charge in [-0.25, -0.2) is 0 Å². The summed E-state index contributed by atoms with van der Waals surface area (Å²) in [7, 11) is -1.30. The van der Waals surface area contributed by atoms with E-state index in [9.17, 15) is 14.3 Å². The van der Waals surface area contributed by atoms with Gasteiger partial charge < -0.3 is 11.5 Å². The molecule has 0 radical (unpaired) electrons. The summed E-state index contributed by atoms with van der Waals surface area (Å²) >= 11 is 0. The molecule has 0 saturated carbocycles. The van der Waals surface area contributed by atoms with Crippen molar-refractivity contribution in [2.45, 2.75) is 4.90 Å². The number of anilines is 2. The molecule has 14 heavy (non-hydrogen) atoms. The molecule has 0 heterocycles. The van der Waals surface area contributed by atoms with E-state index in [1.807, 2.05) is 0 Å². The number of nitrogens with two attached hydrogens (primary N) is 2. The van der Waals surface area contributed by atoms with Crippen LogP contribution >= 0.6 is 0 Å². The molecule has 76 valence electrons. The van der Waals surface area contributed by atoms with Gasteiger partial charge in [0.2, 0.25) is 0 Å². The monoisotopic (exact) mass is 215 g/mol. The van der Waals surface area contributed by atoms with Crippen LogP contribution in [0, 0.1) is 10.1 Å². The summed E-state index contributed by atoms with van der Waals surface area (Å²) in [5.41, 5.74) is 10.7. The highest BCUT2D eigenvalue weighted by molar-refractivity contribution is 7.84. The number of nitrogens with zero attached hydrogens (tertiary/aromatic N) is 1. The van der Waals surface area contributed by atoms with Gasteiger partial charge in [0.15, 0.2) is 0 Å². The quantitative estimate of drug-likeness (QED) is 0.423. The Kier molecular flexibility index (Phi) is 2.70. The van der Waals surface area contributed by atoms with Crippen LogP contribution in [0.1, 0.15) is 0 Å². The Bertz CT molecular complexity index is 379. The minimum Gasteiger partial charge on any atom is -0.398 e. The van der Waals surface area contributed by atoms with E-state index in [0.29, 0.717) is 4.90 Å². The standard InChI is InChI=1S/C7H9N3O3S/c1-14(13)7-3-4(8)6(10(11)12)2-5(7)9/h2-3H,8-9H2,1H3. The van der Waals surface area contributed by atoms with Crippen molar-refractivity contribution in [3.05, 3.63) is 22.2 Å². The second-order valence-corrected chi connectivity index (χ2v) is 4.01. The molecule has 4 N–H and O–H groups in total. The van der Waals surface area contributed by atoms with Gasteiger partial charge in [0, 0.05) is 12.3 Å². The van der Waals surface area contributed by atoms with Crippen molar-refractivity contribution < 1.29 is 9.13 Å². The highest BCUT2D eigenvalue weighted by Gasteiger charge is 2.15. The lowest BCUT2D eigenvalue weighted by atomic mass is 10.2. The number of benzene rings is 1. The fourth-order valence-corrected chi connectivity index (χ4v) is 1.69. The zero-order valence-corrected chi connectivity index (χ0v) is 8.21. The number of nitro groups is 1. The molecule has 0 aliphatic carbocycles. The summed E-state index contributed by atoms with van der Waals surface area (Å²) in [6.07, 6.45) is 1.43. The summed E-state index contributed by atoms with van der Waals surface area (Å²) in [4.78, 5) is 10.1. The molecule has 1 aromatic carbocycles. The van der Waals surface area contributed by atoms with Crippen LogP contribution in [0.4, 0.5) is 17.1 Å². The largest absolute Gasteiger partial charge is 0.398 e. The normalized spacial score (nSPS) is 12.4. The van der Waals surface area contributed by atoms with E-state index in [2.05, 4.69) is 0 Å². The van der Waals surface area contributed by atoms with Gasteiger partial charge in [0.25, 0.3) is 5.69 Å². The summed E-state index contributed by atoms with van der Waals surface area (Å²) in [6, 6.07) is 2.38. The van der Waals surface area contributed by atoms with Gasteiger partial charge in [-0.2, -0.15) is 0 Å². The third-order valence-electron chi connectivity index (χ3n) is 1.67. The first-order valence-electron chi connectivity index (χ1n) is 3.60. The van der Waals surface area contributed by atoms with E-state index >= 15 is 0 Å². The molecule has 0 amide bonds. The first kappa shape index (κ1) is 10.5. The van der Waals surface area contributed by atoms with Crippen LogP contribution in [-0.2, 0) is 10.8 Å². The van der Waals surface area contributed by atoms with Crippen molar-refractivity contribution in [1.82, 2.24) is 0 Å². The molecule has 0 fully saturated rings. The zero-order valence-electron chi connectivity index (χ0n) is 7.39. The summed E-state index contributed by atoms with van der Waals surface area (Å²) in [5, 5.41) is 10.4. The fraction of sp³-hybridized carbons (Fsp3) is 0.143. The Morgan fingerprint density at radius 2 is 1.93 bits per heavy atom. The molecule has 0 spiro atoms. The van der Waals surface area contributed by atoms with E-state index in [1.165, 1.54) is 12.3 Å². The van der Waals surface area contributed by atoms with Crippen LogP contribution in [0.25, 0.3) is 0 Å². The van der Waals surface area contributed by atoms with E-state index in [-0.39, 0.29) is 17.1 Å². The number of rotatable bonds is 2. The lowest BCUT2D eigenvalue weighted by Gasteiger charge is -2.04. The number of nitro benzene ring substituents is 1. The summed E-state index contributed by atoms with van der Waals surface area (Å²) < 4.78 is 11.1. The molecule has 0 bridgehead atoms. The van der Waals surface area contributed by atoms with E-state index in [4.69, 9.17) is 11.5 Å².